The Hall–Kier alpha value is -1.51. The molecule has 8 heteroatoms. The molecular formula is C14H20O7S. The normalized spacial score (nSPS) is 11.5. The number of ketones is 2. The third-order valence-corrected chi connectivity index (χ3v) is 3.43. The van der Waals surface area contributed by atoms with E-state index in [-0.39, 0.29) is 43.9 Å². The predicted octanol–water partition coefficient (Wildman–Crippen LogP) is 2.04. The molecule has 0 saturated heterocycles. The summed E-state index contributed by atoms with van der Waals surface area (Å²) in [5, 5.41) is 0. The van der Waals surface area contributed by atoms with Crippen molar-refractivity contribution < 1.29 is 31.2 Å². The van der Waals surface area contributed by atoms with Gasteiger partial charge in [-0.3, -0.25) is 14.1 Å². The minimum Gasteiger partial charge on any atom is -0.466 e. The fourth-order valence-electron chi connectivity index (χ4n) is 1.84. The van der Waals surface area contributed by atoms with Crippen molar-refractivity contribution in [1.82, 2.24) is 0 Å². The largest absolute Gasteiger partial charge is 0.466 e. The molecule has 22 heavy (non-hydrogen) atoms. The highest BCUT2D eigenvalue weighted by molar-refractivity contribution is 7.80. The van der Waals surface area contributed by atoms with Gasteiger partial charge in [0, 0.05) is 32.1 Å². The molecule has 124 valence electrons. The SMILES string of the molecule is Cc1ccc(CCC(=O)CCC(=O)CCCOS(=O)(=O)O)o1. The Morgan fingerprint density at radius 1 is 1.14 bits per heavy atom. The van der Waals surface area contributed by atoms with Crippen LogP contribution in [-0.4, -0.2) is 31.1 Å². The first-order chi connectivity index (χ1) is 10.3. The minimum absolute atomic E-state index is 0.0170. The highest BCUT2D eigenvalue weighted by Gasteiger charge is 2.10. The number of carbonyl (C=O) groups excluding carboxylic acids is 2. The minimum atomic E-state index is -4.45. The summed E-state index contributed by atoms with van der Waals surface area (Å²) in [5.74, 6) is 1.39. The van der Waals surface area contributed by atoms with Gasteiger partial charge in [0.05, 0.1) is 6.61 Å². The second kappa shape index (κ2) is 8.82. The van der Waals surface area contributed by atoms with Crippen molar-refractivity contribution in [3.8, 4) is 0 Å². The average molecular weight is 332 g/mol. The molecule has 0 aliphatic rings. The van der Waals surface area contributed by atoms with E-state index in [4.69, 9.17) is 8.97 Å². The molecule has 1 rings (SSSR count). The van der Waals surface area contributed by atoms with E-state index in [1.165, 1.54) is 0 Å². The molecule has 0 saturated carbocycles. The lowest BCUT2D eigenvalue weighted by molar-refractivity contribution is -0.124. The van der Waals surface area contributed by atoms with E-state index in [0.717, 1.165) is 11.5 Å². The smallest absolute Gasteiger partial charge is 0.397 e. The van der Waals surface area contributed by atoms with Gasteiger partial charge < -0.3 is 4.42 Å². The number of Topliss-reactive ketones (excluding diaryl/α,β-unsaturated/α-hetero) is 2. The van der Waals surface area contributed by atoms with Crippen LogP contribution in [0.15, 0.2) is 16.5 Å². The molecule has 0 atom stereocenters. The van der Waals surface area contributed by atoms with Crippen LogP contribution < -0.4 is 0 Å². The lowest BCUT2D eigenvalue weighted by atomic mass is 10.1. The van der Waals surface area contributed by atoms with Crippen LogP contribution in [-0.2, 0) is 30.6 Å². The van der Waals surface area contributed by atoms with E-state index in [9.17, 15) is 18.0 Å². The van der Waals surface area contributed by atoms with E-state index in [1.54, 1.807) is 0 Å². The average Bonchev–Trinajstić information content (AvgIpc) is 2.84. The van der Waals surface area contributed by atoms with Gasteiger partial charge in [-0.25, -0.2) is 4.18 Å². The number of carbonyl (C=O) groups is 2. The highest BCUT2D eigenvalue weighted by Crippen LogP contribution is 2.10. The molecule has 7 nitrogen and oxygen atoms in total. The van der Waals surface area contributed by atoms with Gasteiger partial charge in [0.25, 0.3) is 0 Å². The van der Waals surface area contributed by atoms with Gasteiger partial charge in [-0.2, -0.15) is 8.42 Å². The van der Waals surface area contributed by atoms with Crippen molar-refractivity contribution in [3.63, 3.8) is 0 Å². The first-order valence-electron chi connectivity index (χ1n) is 6.97. The number of hydrogen-bond acceptors (Lipinski definition) is 6. The molecule has 0 fully saturated rings. The van der Waals surface area contributed by atoms with Crippen molar-refractivity contribution in [2.75, 3.05) is 6.61 Å². The Labute approximate surface area is 129 Å². The van der Waals surface area contributed by atoms with Gasteiger partial charge in [-0.05, 0) is 25.5 Å². The molecule has 0 unspecified atom stereocenters. The summed E-state index contributed by atoms with van der Waals surface area (Å²) in [7, 11) is -4.45. The molecule has 0 aliphatic carbocycles. The van der Waals surface area contributed by atoms with E-state index in [2.05, 4.69) is 4.18 Å². The number of rotatable bonds is 11. The third-order valence-electron chi connectivity index (χ3n) is 2.96. The lowest BCUT2D eigenvalue weighted by Crippen LogP contribution is -2.08. The molecule has 0 spiro atoms. The topological polar surface area (TPSA) is 111 Å². The van der Waals surface area contributed by atoms with Crippen LogP contribution >= 0.6 is 0 Å². The monoisotopic (exact) mass is 332 g/mol. The van der Waals surface area contributed by atoms with Crippen molar-refractivity contribution in [2.45, 2.75) is 45.4 Å². The van der Waals surface area contributed by atoms with Crippen LogP contribution in [0, 0.1) is 6.92 Å². The number of aryl methyl sites for hydroxylation is 2. The molecule has 1 N–H and O–H groups in total. The van der Waals surface area contributed by atoms with Gasteiger partial charge in [-0.1, -0.05) is 0 Å². The quantitative estimate of drug-likeness (QED) is 0.487. The van der Waals surface area contributed by atoms with Crippen LogP contribution in [0.25, 0.3) is 0 Å². The zero-order valence-corrected chi connectivity index (χ0v) is 13.2. The molecule has 1 heterocycles. The van der Waals surface area contributed by atoms with Gasteiger partial charge in [0.1, 0.15) is 23.1 Å². The van der Waals surface area contributed by atoms with Crippen LogP contribution in [0.1, 0.15) is 43.6 Å². The van der Waals surface area contributed by atoms with E-state index in [0.29, 0.717) is 12.8 Å². The zero-order valence-electron chi connectivity index (χ0n) is 12.4. The van der Waals surface area contributed by atoms with E-state index in [1.807, 2.05) is 19.1 Å². The van der Waals surface area contributed by atoms with Crippen LogP contribution in [0.2, 0.25) is 0 Å². The molecule has 1 aromatic heterocycles. The molecular weight excluding hydrogens is 312 g/mol. The Morgan fingerprint density at radius 2 is 1.77 bits per heavy atom. The fraction of sp³-hybridized carbons (Fsp3) is 0.571. The van der Waals surface area contributed by atoms with Crippen molar-refractivity contribution in [2.24, 2.45) is 0 Å². The summed E-state index contributed by atoms with van der Waals surface area (Å²) in [6, 6.07) is 3.65. The standard InChI is InChI=1S/C14H20O7S/c1-11-4-8-14(21-11)9-7-13(16)6-5-12(15)3-2-10-20-22(17,18)19/h4,8H,2-3,5-7,9-10H2,1H3,(H,17,18,19). The maximum absolute atomic E-state index is 11.7. The van der Waals surface area contributed by atoms with Crippen LogP contribution in [0.4, 0.5) is 0 Å². The summed E-state index contributed by atoms with van der Waals surface area (Å²) in [5.41, 5.74) is 0. The van der Waals surface area contributed by atoms with Gasteiger partial charge in [0.2, 0.25) is 0 Å². The summed E-state index contributed by atoms with van der Waals surface area (Å²) < 4.78 is 38.3. The van der Waals surface area contributed by atoms with Crippen molar-refractivity contribution in [3.05, 3.63) is 23.7 Å². The van der Waals surface area contributed by atoms with Crippen molar-refractivity contribution in [1.29, 1.82) is 0 Å². The van der Waals surface area contributed by atoms with Crippen LogP contribution in [0.5, 0.6) is 0 Å². The lowest BCUT2D eigenvalue weighted by Gasteiger charge is -2.01. The molecule has 0 aromatic carbocycles. The summed E-state index contributed by atoms with van der Waals surface area (Å²) in [6.07, 6.45) is 1.42. The summed E-state index contributed by atoms with van der Waals surface area (Å²) in [6.45, 7) is 1.58. The third kappa shape index (κ3) is 8.71. The summed E-state index contributed by atoms with van der Waals surface area (Å²) in [4.78, 5) is 23.2. The Balaban J connectivity index is 2.11. The molecule has 0 amide bonds. The Kier molecular flexibility index (Phi) is 7.43. The Bertz CT molecular complexity index is 600. The molecule has 0 bridgehead atoms. The first kappa shape index (κ1) is 18.5. The van der Waals surface area contributed by atoms with E-state index >= 15 is 0 Å². The number of furan rings is 1. The maximum atomic E-state index is 11.7. The molecule has 0 radical (unpaired) electrons. The second-order valence-electron chi connectivity index (χ2n) is 4.94. The molecule has 1 aromatic rings. The van der Waals surface area contributed by atoms with Crippen LogP contribution in [0.3, 0.4) is 0 Å². The number of hydrogen-bond donors (Lipinski definition) is 1. The molecule has 0 aliphatic heterocycles. The fourth-order valence-corrected chi connectivity index (χ4v) is 2.17. The first-order valence-corrected chi connectivity index (χ1v) is 8.33. The van der Waals surface area contributed by atoms with Gasteiger partial charge in [0.15, 0.2) is 0 Å². The maximum Gasteiger partial charge on any atom is 0.397 e. The van der Waals surface area contributed by atoms with Crippen molar-refractivity contribution >= 4 is 22.0 Å². The zero-order chi connectivity index (χ0) is 16.6. The predicted molar refractivity (Wildman–Crippen MR) is 77.7 cm³/mol. The van der Waals surface area contributed by atoms with Gasteiger partial charge >= 0.3 is 10.4 Å². The Morgan fingerprint density at radius 3 is 2.32 bits per heavy atom. The highest BCUT2D eigenvalue weighted by atomic mass is 32.3. The van der Waals surface area contributed by atoms with E-state index < -0.39 is 10.4 Å². The van der Waals surface area contributed by atoms with Gasteiger partial charge in [-0.15, -0.1) is 0 Å². The summed E-state index contributed by atoms with van der Waals surface area (Å²) >= 11 is 0. The second-order valence-corrected chi connectivity index (χ2v) is 6.03.